The summed E-state index contributed by atoms with van der Waals surface area (Å²) in [5.41, 5.74) is 0.0572. The second-order valence-electron chi connectivity index (χ2n) is 5.61. The van der Waals surface area contributed by atoms with Crippen LogP contribution in [-0.2, 0) is 7.05 Å². The van der Waals surface area contributed by atoms with Crippen LogP contribution in [-0.4, -0.2) is 39.0 Å². The molecule has 1 fully saturated rings. The quantitative estimate of drug-likeness (QED) is 0.817. The van der Waals surface area contributed by atoms with Gasteiger partial charge in [0.05, 0.1) is 11.8 Å². The van der Waals surface area contributed by atoms with E-state index in [1.807, 2.05) is 35.2 Å². The van der Waals surface area contributed by atoms with E-state index in [9.17, 15) is 9.90 Å². The van der Waals surface area contributed by atoms with E-state index in [1.54, 1.807) is 11.7 Å². The topological polar surface area (TPSA) is 70.4 Å². The number of aryl methyl sites for hydroxylation is 1. The van der Waals surface area contributed by atoms with E-state index >= 15 is 0 Å². The summed E-state index contributed by atoms with van der Waals surface area (Å²) >= 11 is 0. The van der Waals surface area contributed by atoms with Crippen molar-refractivity contribution in [1.82, 2.24) is 9.78 Å². The summed E-state index contributed by atoms with van der Waals surface area (Å²) < 4.78 is 1.63. The van der Waals surface area contributed by atoms with Gasteiger partial charge in [-0.1, -0.05) is 18.2 Å². The third-order valence-electron chi connectivity index (χ3n) is 4.44. The van der Waals surface area contributed by atoms with Crippen molar-refractivity contribution < 1.29 is 9.90 Å². The molecule has 1 aromatic heterocycles. The van der Waals surface area contributed by atoms with E-state index in [4.69, 9.17) is 0 Å². The molecule has 2 aliphatic heterocycles. The second kappa shape index (κ2) is 4.08. The number of hydrogen-bond donors (Lipinski definition) is 2. The van der Waals surface area contributed by atoms with Crippen LogP contribution in [0, 0.1) is 0 Å². The van der Waals surface area contributed by atoms with Crippen molar-refractivity contribution in [2.24, 2.45) is 7.05 Å². The molecule has 2 aliphatic rings. The summed E-state index contributed by atoms with van der Waals surface area (Å²) in [6, 6.07) is 9.82. The Bertz CT molecular complexity index is 712. The highest BCUT2D eigenvalue weighted by Gasteiger charge is 2.56. The monoisotopic (exact) mass is 284 g/mol. The lowest BCUT2D eigenvalue weighted by Gasteiger charge is -2.38. The number of fused-ring (bicyclic) bond motifs is 2. The molecule has 108 valence electrons. The van der Waals surface area contributed by atoms with Gasteiger partial charge in [0.1, 0.15) is 12.0 Å². The lowest BCUT2D eigenvalue weighted by Crippen LogP contribution is -2.57. The zero-order valence-electron chi connectivity index (χ0n) is 11.7. The fourth-order valence-corrected chi connectivity index (χ4v) is 3.28. The van der Waals surface area contributed by atoms with Crippen LogP contribution < -0.4 is 10.2 Å². The van der Waals surface area contributed by atoms with Crippen LogP contribution in [0.25, 0.3) is 0 Å². The van der Waals surface area contributed by atoms with Gasteiger partial charge in [-0.15, -0.1) is 0 Å². The third-order valence-corrected chi connectivity index (χ3v) is 4.44. The van der Waals surface area contributed by atoms with Crippen molar-refractivity contribution in [3.05, 3.63) is 42.1 Å². The van der Waals surface area contributed by atoms with Gasteiger partial charge in [0.2, 0.25) is 5.78 Å². The first-order valence-corrected chi connectivity index (χ1v) is 6.99. The van der Waals surface area contributed by atoms with Crippen LogP contribution in [0.15, 0.2) is 36.5 Å². The molecule has 2 aromatic rings. The van der Waals surface area contributed by atoms with Crippen LogP contribution in [0.2, 0.25) is 0 Å². The van der Waals surface area contributed by atoms with Crippen molar-refractivity contribution in [2.75, 3.05) is 16.8 Å². The van der Waals surface area contributed by atoms with Gasteiger partial charge in [0.15, 0.2) is 5.60 Å². The minimum Gasteiger partial charge on any atom is -0.378 e. The van der Waals surface area contributed by atoms with E-state index in [1.165, 1.54) is 6.20 Å². The maximum absolute atomic E-state index is 12.6. The summed E-state index contributed by atoms with van der Waals surface area (Å²) in [5, 5.41) is 18.3. The molecule has 3 heterocycles. The van der Waals surface area contributed by atoms with Crippen molar-refractivity contribution in [1.29, 1.82) is 0 Å². The minimum atomic E-state index is -1.40. The molecular formula is C15H16N4O2. The molecule has 1 unspecified atom stereocenters. The van der Waals surface area contributed by atoms with E-state index in [0.717, 1.165) is 5.69 Å². The van der Waals surface area contributed by atoms with Gasteiger partial charge >= 0.3 is 0 Å². The Morgan fingerprint density at radius 3 is 2.90 bits per heavy atom. The van der Waals surface area contributed by atoms with Crippen molar-refractivity contribution >= 4 is 17.3 Å². The zero-order chi connectivity index (χ0) is 14.6. The Kier molecular flexibility index (Phi) is 2.41. The van der Waals surface area contributed by atoms with E-state index in [2.05, 4.69) is 10.4 Å². The predicted octanol–water partition coefficient (Wildman–Crippen LogP) is 0.996. The highest BCUT2D eigenvalue weighted by molar-refractivity contribution is 6.09. The minimum absolute atomic E-state index is 0.243. The SMILES string of the molecule is Cn1ncc2c1NC1N(c3ccccc3)CC[C@@]1(O)C2=O. The number of aromatic nitrogens is 2. The first kappa shape index (κ1) is 12.4. The number of benzene rings is 1. The Balaban J connectivity index is 1.80. The fourth-order valence-electron chi connectivity index (χ4n) is 3.28. The fraction of sp³-hybridized carbons (Fsp3) is 0.333. The summed E-state index contributed by atoms with van der Waals surface area (Å²) in [6.07, 6.45) is 1.46. The Labute approximate surface area is 122 Å². The second-order valence-corrected chi connectivity index (χ2v) is 5.61. The number of ketones is 1. The van der Waals surface area contributed by atoms with Crippen LogP contribution in [0.3, 0.4) is 0 Å². The van der Waals surface area contributed by atoms with Gasteiger partial charge in [-0.2, -0.15) is 5.10 Å². The maximum Gasteiger partial charge on any atom is 0.203 e. The number of Topliss-reactive ketones (excluding diaryl/α,β-unsaturated/α-hetero) is 1. The Morgan fingerprint density at radius 2 is 2.14 bits per heavy atom. The molecule has 0 bridgehead atoms. The molecule has 0 amide bonds. The number of carbonyl (C=O) groups excluding carboxylic acids is 1. The number of carbonyl (C=O) groups is 1. The molecule has 0 saturated carbocycles. The number of rotatable bonds is 1. The molecule has 1 aromatic carbocycles. The number of anilines is 2. The number of para-hydroxylation sites is 1. The van der Waals surface area contributed by atoms with Crippen molar-refractivity contribution in [3.63, 3.8) is 0 Å². The lowest BCUT2D eigenvalue weighted by atomic mass is 9.87. The molecular weight excluding hydrogens is 268 g/mol. The number of aliphatic hydroxyl groups is 1. The molecule has 6 nitrogen and oxygen atoms in total. The van der Waals surface area contributed by atoms with Gasteiger partial charge in [-0.05, 0) is 12.1 Å². The van der Waals surface area contributed by atoms with Crippen molar-refractivity contribution in [3.8, 4) is 0 Å². The van der Waals surface area contributed by atoms with Gasteiger partial charge in [0, 0.05) is 25.7 Å². The summed E-state index contributed by atoms with van der Waals surface area (Å²) in [4.78, 5) is 14.7. The van der Waals surface area contributed by atoms with Gasteiger partial charge in [-0.25, -0.2) is 0 Å². The third kappa shape index (κ3) is 1.56. The standard InChI is InChI=1S/C15H16N4O2/c1-18-13-11(9-16-18)12(20)15(21)7-8-19(14(15)17-13)10-5-3-2-4-6-10/h2-6,9,14,17,21H,7-8H2,1H3/t14?,15-/m1/s1. The Hall–Kier alpha value is -2.34. The molecule has 4 rings (SSSR count). The first-order chi connectivity index (χ1) is 10.1. The van der Waals surface area contributed by atoms with Crippen LogP contribution in [0.1, 0.15) is 16.8 Å². The average Bonchev–Trinajstić information content (AvgIpc) is 3.03. The summed E-state index contributed by atoms with van der Waals surface area (Å²) in [6.45, 7) is 0.630. The van der Waals surface area contributed by atoms with E-state index < -0.39 is 11.8 Å². The normalized spacial score (nSPS) is 27.2. The van der Waals surface area contributed by atoms with Crippen LogP contribution in [0.4, 0.5) is 11.5 Å². The van der Waals surface area contributed by atoms with Crippen LogP contribution in [0.5, 0.6) is 0 Å². The molecule has 21 heavy (non-hydrogen) atoms. The number of hydrogen-bond acceptors (Lipinski definition) is 5. The number of nitrogens with zero attached hydrogens (tertiary/aromatic N) is 3. The maximum atomic E-state index is 12.6. The van der Waals surface area contributed by atoms with E-state index in [-0.39, 0.29) is 5.78 Å². The predicted molar refractivity (Wildman–Crippen MR) is 78.3 cm³/mol. The zero-order valence-corrected chi connectivity index (χ0v) is 11.7. The van der Waals surface area contributed by atoms with Gasteiger partial charge < -0.3 is 15.3 Å². The first-order valence-electron chi connectivity index (χ1n) is 6.99. The van der Waals surface area contributed by atoms with Crippen molar-refractivity contribution in [2.45, 2.75) is 18.2 Å². The number of nitrogens with one attached hydrogen (secondary N) is 1. The molecule has 0 aliphatic carbocycles. The molecule has 0 radical (unpaired) electrons. The highest BCUT2D eigenvalue weighted by Crippen LogP contribution is 2.40. The summed E-state index contributed by atoms with van der Waals surface area (Å²) in [7, 11) is 1.78. The Morgan fingerprint density at radius 1 is 1.38 bits per heavy atom. The molecule has 2 N–H and O–H groups in total. The largest absolute Gasteiger partial charge is 0.378 e. The molecule has 6 heteroatoms. The van der Waals surface area contributed by atoms with Crippen LogP contribution >= 0.6 is 0 Å². The molecule has 1 saturated heterocycles. The summed E-state index contributed by atoms with van der Waals surface area (Å²) in [5.74, 6) is 0.422. The smallest absolute Gasteiger partial charge is 0.203 e. The average molecular weight is 284 g/mol. The van der Waals surface area contributed by atoms with E-state index in [0.29, 0.717) is 24.3 Å². The lowest BCUT2D eigenvalue weighted by molar-refractivity contribution is 0.0294. The molecule has 2 atom stereocenters. The van der Waals surface area contributed by atoms with Gasteiger partial charge in [-0.3, -0.25) is 9.48 Å². The highest BCUT2D eigenvalue weighted by atomic mass is 16.3. The van der Waals surface area contributed by atoms with Gasteiger partial charge in [0.25, 0.3) is 0 Å². The molecule has 0 spiro atoms.